The van der Waals surface area contributed by atoms with E-state index in [2.05, 4.69) is 17.2 Å². The van der Waals surface area contributed by atoms with E-state index in [1.165, 1.54) is 0 Å². The van der Waals surface area contributed by atoms with E-state index in [1.807, 2.05) is 17.0 Å². The summed E-state index contributed by atoms with van der Waals surface area (Å²) in [7, 11) is 1.80. The van der Waals surface area contributed by atoms with Gasteiger partial charge in [-0.05, 0) is 31.9 Å². The van der Waals surface area contributed by atoms with Crippen molar-refractivity contribution in [2.24, 2.45) is 0 Å². The first kappa shape index (κ1) is 10.9. The SMILES string of the molecule is CNc1cccc(C(=O)N2CCCC2C)n1. The molecule has 2 heterocycles. The van der Waals surface area contributed by atoms with Gasteiger partial charge in [0.1, 0.15) is 11.5 Å². The molecular weight excluding hydrogens is 202 g/mol. The second-order valence-corrected chi connectivity index (χ2v) is 4.15. The first-order chi connectivity index (χ1) is 7.72. The van der Waals surface area contributed by atoms with Crippen molar-refractivity contribution in [3.05, 3.63) is 23.9 Å². The molecule has 0 radical (unpaired) electrons. The molecular formula is C12H17N3O. The minimum atomic E-state index is 0.0436. The number of hydrogen-bond donors (Lipinski definition) is 1. The number of carbonyl (C=O) groups is 1. The van der Waals surface area contributed by atoms with Crippen LogP contribution in [0.4, 0.5) is 5.82 Å². The third kappa shape index (κ3) is 2.01. The molecule has 1 fully saturated rings. The molecule has 4 nitrogen and oxygen atoms in total. The number of anilines is 1. The summed E-state index contributed by atoms with van der Waals surface area (Å²) in [6, 6.07) is 5.82. The molecule has 0 spiro atoms. The summed E-state index contributed by atoms with van der Waals surface area (Å²) in [5, 5.41) is 2.94. The molecule has 0 bridgehead atoms. The van der Waals surface area contributed by atoms with Crippen molar-refractivity contribution in [1.82, 2.24) is 9.88 Å². The molecule has 0 saturated carbocycles. The van der Waals surface area contributed by atoms with Crippen LogP contribution in [0.15, 0.2) is 18.2 Å². The van der Waals surface area contributed by atoms with E-state index in [-0.39, 0.29) is 5.91 Å². The molecule has 1 aromatic heterocycles. The lowest BCUT2D eigenvalue weighted by molar-refractivity contribution is 0.0741. The van der Waals surface area contributed by atoms with Crippen molar-refractivity contribution in [2.75, 3.05) is 18.9 Å². The molecule has 0 aliphatic carbocycles. The van der Waals surface area contributed by atoms with Gasteiger partial charge in [-0.3, -0.25) is 4.79 Å². The molecule has 1 saturated heterocycles. The highest BCUT2D eigenvalue weighted by Gasteiger charge is 2.26. The van der Waals surface area contributed by atoms with Crippen molar-refractivity contribution in [2.45, 2.75) is 25.8 Å². The lowest BCUT2D eigenvalue weighted by Crippen LogP contribution is -2.34. The van der Waals surface area contributed by atoms with Crippen molar-refractivity contribution in [1.29, 1.82) is 0 Å². The number of nitrogens with one attached hydrogen (secondary N) is 1. The Morgan fingerprint density at radius 2 is 2.38 bits per heavy atom. The lowest BCUT2D eigenvalue weighted by Gasteiger charge is -2.20. The zero-order valence-corrected chi connectivity index (χ0v) is 9.73. The van der Waals surface area contributed by atoms with E-state index < -0.39 is 0 Å². The first-order valence-electron chi connectivity index (χ1n) is 5.68. The Hall–Kier alpha value is -1.58. The van der Waals surface area contributed by atoms with Crippen LogP contribution in [-0.4, -0.2) is 35.4 Å². The zero-order chi connectivity index (χ0) is 11.5. The quantitative estimate of drug-likeness (QED) is 0.824. The number of carbonyl (C=O) groups excluding carboxylic acids is 1. The van der Waals surface area contributed by atoms with Crippen LogP contribution in [0, 0.1) is 0 Å². The largest absolute Gasteiger partial charge is 0.373 e. The maximum absolute atomic E-state index is 12.2. The molecule has 0 aromatic carbocycles. The number of aromatic nitrogens is 1. The molecule has 2 rings (SSSR count). The topological polar surface area (TPSA) is 45.2 Å². The molecule has 1 aromatic rings. The normalized spacial score (nSPS) is 19.9. The van der Waals surface area contributed by atoms with Crippen LogP contribution in [0.1, 0.15) is 30.3 Å². The lowest BCUT2D eigenvalue weighted by atomic mass is 10.2. The van der Waals surface area contributed by atoms with E-state index >= 15 is 0 Å². The molecule has 1 atom stereocenters. The fourth-order valence-electron chi connectivity index (χ4n) is 2.08. The minimum Gasteiger partial charge on any atom is -0.373 e. The van der Waals surface area contributed by atoms with Gasteiger partial charge in [-0.1, -0.05) is 6.07 Å². The Bertz CT molecular complexity index is 392. The van der Waals surface area contributed by atoms with Crippen LogP contribution in [0.5, 0.6) is 0 Å². The number of nitrogens with zero attached hydrogens (tertiary/aromatic N) is 2. The summed E-state index contributed by atoms with van der Waals surface area (Å²) in [6.07, 6.45) is 2.19. The second kappa shape index (κ2) is 4.51. The van der Waals surface area contributed by atoms with Crippen molar-refractivity contribution in [3.63, 3.8) is 0 Å². The number of hydrogen-bond acceptors (Lipinski definition) is 3. The fourth-order valence-corrected chi connectivity index (χ4v) is 2.08. The van der Waals surface area contributed by atoms with Crippen molar-refractivity contribution >= 4 is 11.7 Å². The molecule has 1 unspecified atom stereocenters. The highest BCUT2D eigenvalue weighted by molar-refractivity contribution is 5.93. The molecule has 86 valence electrons. The number of pyridine rings is 1. The van der Waals surface area contributed by atoms with E-state index in [9.17, 15) is 4.79 Å². The Labute approximate surface area is 95.7 Å². The van der Waals surface area contributed by atoms with E-state index in [1.54, 1.807) is 13.1 Å². The van der Waals surface area contributed by atoms with Crippen LogP contribution in [0.2, 0.25) is 0 Å². The Kier molecular flexibility index (Phi) is 3.08. The summed E-state index contributed by atoms with van der Waals surface area (Å²) in [6.45, 7) is 2.94. The Balaban J connectivity index is 2.19. The molecule has 1 aliphatic heterocycles. The summed E-state index contributed by atoms with van der Waals surface area (Å²) in [5.41, 5.74) is 0.528. The van der Waals surface area contributed by atoms with Gasteiger partial charge >= 0.3 is 0 Å². The van der Waals surface area contributed by atoms with E-state index in [0.717, 1.165) is 25.2 Å². The van der Waals surface area contributed by atoms with Crippen LogP contribution in [-0.2, 0) is 0 Å². The summed E-state index contributed by atoms with van der Waals surface area (Å²) in [4.78, 5) is 18.3. The zero-order valence-electron chi connectivity index (χ0n) is 9.73. The average Bonchev–Trinajstić information content (AvgIpc) is 2.74. The third-order valence-corrected chi connectivity index (χ3v) is 3.04. The molecule has 1 amide bonds. The predicted molar refractivity (Wildman–Crippen MR) is 63.5 cm³/mol. The Morgan fingerprint density at radius 3 is 3.00 bits per heavy atom. The average molecular weight is 219 g/mol. The van der Waals surface area contributed by atoms with Crippen LogP contribution in [0.3, 0.4) is 0 Å². The predicted octanol–water partition coefficient (Wildman–Crippen LogP) is 1.75. The fraction of sp³-hybridized carbons (Fsp3) is 0.500. The van der Waals surface area contributed by atoms with Crippen LogP contribution in [0.25, 0.3) is 0 Å². The maximum Gasteiger partial charge on any atom is 0.272 e. The number of rotatable bonds is 2. The van der Waals surface area contributed by atoms with E-state index in [4.69, 9.17) is 0 Å². The highest BCUT2D eigenvalue weighted by atomic mass is 16.2. The molecule has 16 heavy (non-hydrogen) atoms. The van der Waals surface area contributed by atoms with Crippen LogP contribution < -0.4 is 5.32 Å². The van der Waals surface area contributed by atoms with Gasteiger partial charge in [0.2, 0.25) is 0 Å². The minimum absolute atomic E-state index is 0.0436. The third-order valence-electron chi connectivity index (χ3n) is 3.04. The van der Waals surface area contributed by atoms with Gasteiger partial charge < -0.3 is 10.2 Å². The molecule has 4 heteroatoms. The van der Waals surface area contributed by atoms with Gasteiger partial charge in [0.15, 0.2) is 0 Å². The van der Waals surface area contributed by atoms with Gasteiger partial charge in [-0.25, -0.2) is 4.98 Å². The summed E-state index contributed by atoms with van der Waals surface area (Å²) in [5.74, 6) is 0.778. The molecule has 1 aliphatic rings. The van der Waals surface area contributed by atoms with Crippen molar-refractivity contribution in [3.8, 4) is 0 Å². The second-order valence-electron chi connectivity index (χ2n) is 4.15. The van der Waals surface area contributed by atoms with Gasteiger partial charge in [-0.15, -0.1) is 0 Å². The smallest absolute Gasteiger partial charge is 0.272 e. The maximum atomic E-state index is 12.2. The van der Waals surface area contributed by atoms with Gasteiger partial charge in [0.25, 0.3) is 5.91 Å². The monoisotopic (exact) mass is 219 g/mol. The van der Waals surface area contributed by atoms with Gasteiger partial charge in [0, 0.05) is 19.6 Å². The summed E-state index contributed by atoms with van der Waals surface area (Å²) < 4.78 is 0. The van der Waals surface area contributed by atoms with Crippen molar-refractivity contribution < 1.29 is 4.79 Å². The highest BCUT2D eigenvalue weighted by Crippen LogP contribution is 2.19. The molecule has 1 N–H and O–H groups in total. The Morgan fingerprint density at radius 1 is 1.56 bits per heavy atom. The van der Waals surface area contributed by atoms with E-state index in [0.29, 0.717) is 11.7 Å². The number of likely N-dealkylation sites (tertiary alicyclic amines) is 1. The first-order valence-corrected chi connectivity index (χ1v) is 5.68. The summed E-state index contributed by atoms with van der Waals surface area (Å²) >= 11 is 0. The van der Waals surface area contributed by atoms with Gasteiger partial charge in [-0.2, -0.15) is 0 Å². The standard InChI is InChI=1S/C12H17N3O/c1-9-5-4-8-15(9)12(16)10-6-3-7-11(13-2)14-10/h3,6-7,9H,4-5,8H2,1-2H3,(H,13,14). The van der Waals surface area contributed by atoms with Gasteiger partial charge in [0.05, 0.1) is 0 Å². The number of amides is 1. The van der Waals surface area contributed by atoms with Crippen LogP contribution >= 0.6 is 0 Å².